The number of benzene rings is 1. The standard InChI is InChI=1S/C19H17Cl2FN4O3.C2H6/c1-9(19(27)28)26-8-12(7-25-26)11-5-15(18(23)24-6-11)29-10(2)16-13(20)3-4-14(22)17(16)21;1-2/h3-10H,1-2H3,(H2,23,24)(H,27,28);1-2H3/t9-,10?;/m1./s1. The van der Waals surface area contributed by atoms with Gasteiger partial charge in [0, 0.05) is 34.1 Å². The molecule has 0 aliphatic heterocycles. The van der Waals surface area contributed by atoms with E-state index in [1.165, 1.54) is 36.1 Å². The van der Waals surface area contributed by atoms with Crippen molar-refractivity contribution in [3.8, 4) is 16.9 Å². The molecule has 166 valence electrons. The van der Waals surface area contributed by atoms with E-state index in [0.717, 1.165) is 0 Å². The van der Waals surface area contributed by atoms with Crippen molar-refractivity contribution >= 4 is 35.0 Å². The number of ether oxygens (including phenoxy) is 1. The van der Waals surface area contributed by atoms with Crippen LogP contribution in [0, 0.1) is 5.82 Å². The second-order valence-corrected chi connectivity index (χ2v) is 7.13. The van der Waals surface area contributed by atoms with Crippen LogP contribution in [0.5, 0.6) is 5.75 Å². The Kier molecular flexibility index (Phi) is 8.24. The number of nitrogen functional groups attached to an aromatic ring is 1. The van der Waals surface area contributed by atoms with Gasteiger partial charge in [0.05, 0.1) is 11.2 Å². The van der Waals surface area contributed by atoms with Crippen molar-refractivity contribution in [1.29, 1.82) is 0 Å². The monoisotopic (exact) mass is 468 g/mol. The van der Waals surface area contributed by atoms with Crippen LogP contribution >= 0.6 is 23.2 Å². The summed E-state index contributed by atoms with van der Waals surface area (Å²) in [7, 11) is 0. The highest BCUT2D eigenvalue weighted by atomic mass is 35.5. The minimum Gasteiger partial charge on any atom is -0.482 e. The van der Waals surface area contributed by atoms with Gasteiger partial charge in [0.15, 0.2) is 11.6 Å². The van der Waals surface area contributed by atoms with Gasteiger partial charge in [0.2, 0.25) is 0 Å². The van der Waals surface area contributed by atoms with Crippen molar-refractivity contribution in [1.82, 2.24) is 14.8 Å². The number of halogens is 3. The molecule has 3 aromatic rings. The lowest BCUT2D eigenvalue weighted by molar-refractivity contribution is -0.140. The Hall–Kier alpha value is -2.84. The van der Waals surface area contributed by atoms with Crippen molar-refractivity contribution in [3.63, 3.8) is 0 Å². The summed E-state index contributed by atoms with van der Waals surface area (Å²) in [5.41, 5.74) is 7.45. The second kappa shape index (κ2) is 10.5. The molecule has 2 aromatic heterocycles. The average Bonchev–Trinajstić information content (AvgIpc) is 3.23. The number of carbonyl (C=O) groups is 1. The SMILES string of the molecule is CC.CC(Oc1cc(-c2cnn([C@H](C)C(=O)O)c2)cnc1N)c1c(Cl)ccc(F)c1Cl. The molecule has 0 saturated carbocycles. The normalized spacial score (nSPS) is 12.5. The number of aromatic nitrogens is 3. The van der Waals surface area contributed by atoms with E-state index in [9.17, 15) is 9.18 Å². The van der Waals surface area contributed by atoms with Gasteiger partial charge in [-0.05, 0) is 32.0 Å². The number of carboxylic acid groups (broad SMARTS) is 1. The molecule has 3 N–H and O–H groups in total. The maximum absolute atomic E-state index is 13.8. The lowest BCUT2D eigenvalue weighted by Crippen LogP contribution is -2.15. The molecule has 0 amide bonds. The van der Waals surface area contributed by atoms with Crippen LogP contribution in [0.3, 0.4) is 0 Å². The Labute approximate surface area is 189 Å². The van der Waals surface area contributed by atoms with Crippen LogP contribution in [0.1, 0.15) is 45.4 Å². The van der Waals surface area contributed by atoms with Crippen LogP contribution in [-0.4, -0.2) is 25.8 Å². The number of carboxylic acids is 1. The molecule has 1 aromatic carbocycles. The van der Waals surface area contributed by atoms with Crippen LogP contribution in [0.2, 0.25) is 10.0 Å². The fourth-order valence-corrected chi connectivity index (χ4v) is 3.36. The molecule has 0 aliphatic carbocycles. The summed E-state index contributed by atoms with van der Waals surface area (Å²) < 4.78 is 21.0. The summed E-state index contributed by atoms with van der Waals surface area (Å²) in [5.74, 6) is -1.25. The molecule has 10 heteroatoms. The van der Waals surface area contributed by atoms with Gasteiger partial charge in [0.25, 0.3) is 0 Å². The first kappa shape index (κ1) is 24.4. The highest BCUT2D eigenvalue weighted by molar-refractivity contribution is 6.36. The first-order valence-corrected chi connectivity index (χ1v) is 10.3. The highest BCUT2D eigenvalue weighted by Crippen LogP contribution is 2.36. The van der Waals surface area contributed by atoms with E-state index in [1.54, 1.807) is 19.2 Å². The topological polar surface area (TPSA) is 103 Å². The maximum Gasteiger partial charge on any atom is 0.328 e. The molecule has 7 nitrogen and oxygen atoms in total. The third-order valence-electron chi connectivity index (χ3n) is 4.36. The molecular formula is C21H23Cl2FN4O3. The fraction of sp³-hybridized carbons (Fsp3) is 0.286. The van der Waals surface area contributed by atoms with E-state index in [4.69, 9.17) is 38.8 Å². The van der Waals surface area contributed by atoms with Crippen molar-refractivity contribution in [2.75, 3.05) is 5.73 Å². The number of rotatable bonds is 6. The van der Waals surface area contributed by atoms with Crippen LogP contribution in [0.15, 0.2) is 36.8 Å². The average molecular weight is 469 g/mol. The summed E-state index contributed by atoms with van der Waals surface area (Å²) in [5, 5.41) is 13.3. The smallest absolute Gasteiger partial charge is 0.328 e. The number of hydrogen-bond donors (Lipinski definition) is 2. The minimum absolute atomic E-state index is 0.121. The summed E-state index contributed by atoms with van der Waals surface area (Å²) in [6.07, 6.45) is 3.90. The van der Waals surface area contributed by atoms with Gasteiger partial charge < -0.3 is 15.6 Å². The number of pyridine rings is 1. The zero-order valence-corrected chi connectivity index (χ0v) is 18.9. The molecule has 2 heterocycles. The molecule has 0 saturated heterocycles. The van der Waals surface area contributed by atoms with Crippen molar-refractivity contribution in [2.24, 2.45) is 0 Å². The Balaban J connectivity index is 0.00000166. The van der Waals surface area contributed by atoms with Crippen molar-refractivity contribution in [3.05, 3.63) is 58.2 Å². The van der Waals surface area contributed by atoms with Gasteiger partial charge in [-0.2, -0.15) is 5.10 Å². The van der Waals surface area contributed by atoms with Crippen LogP contribution in [0.4, 0.5) is 10.2 Å². The number of nitrogens with two attached hydrogens (primary N) is 1. The maximum atomic E-state index is 13.8. The lowest BCUT2D eigenvalue weighted by Gasteiger charge is -2.19. The largest absolute Gasteiger partial charge is 0.482 e. The summed E-state index contributed by atoms with van der Waals surface area (Å²) in [4.78, 5) is 15.2. The molecule has 0 spiro atoms. The first-order valence-electron chi connectivity index (χ1n) is 9.52. The minimum atomic E-state index is -1.00. The quantitative estimate of drug-likeness (QED) is 0.444. The third kappa shape index (κ3) is 5.45. The van der Waals surface area contributed by atoms with Crippen LogP contribution in [-0.2, 0) is 4.79 Å². The zero-order valence-electron chi connectivity index (χ0n) is 17.4. The van der Waals surface area contributed by atoms with Gasteiger partial charge in [0.1, 0.15) is 18.0 Å². The van der Waals surface area contributed by atoms with Crippen molar-refractivity contribution in [2.45, 2.75) is 39.8 Å². The fourth-order valence-electron chi connectivity index (χ4n) is 2.68. The van der Waals surface area contributed by atoms with Gasteiger partial charge in [-0.1, -0.05) is 37.0 Å². The Morgan fingerprint density at radius 2 is 1.90 bits per heavy atom. The Bertz CT molecular complexity index is 1070. The van der Waals surface area contributed by atoms with Gasteiger partial charge in [-0.3, -0.25) is 4.68 Å². The van der Waals surface area contributed by atoms with E-state index in [1.807, 2.05) is 13.8 Å². The van der Waals surface area contributed by atoms with Crippen molar-refractivity contribution < 1.29 is 19.0 Å². The van der Waals surface area contributed by atoms with E-state index in [-0.39, 0.29) is 21.6 Å². The van der Waals surface area contributed by atoms with Crippen LogP contribution in [0.25, 0.3) is 11.1 Å². The summed E-state index contributed by atoms with van der Waals surface area (Å²) >= 11 is 12.2. The molecule has 0 radical (unpaired) electrons. The molecule has 3 rings (SSSR count). The number of anilines is 1. The van der Waals surface area contributed by atoms with E-state index in [2.05, 4.69) is 10.1 Å². The molecule has 0 bridgehead atoms. The second-order valence-electron chi connectivity index (χ2n) is 6.35. The van der Waals surface area contributed by atoms with E-state index >= 15 is 0 Å². The zero-order chi connectivity index (χ0) is 23.3. The third-order valence-corrected chi connectivity index (χ3v) is 5.07. The number of hydrogen-bond acceptors (Lipinski definition) is 5. The van der Waals surface area contributed by atoms with Gasteiger partial charge in [-0.25, -0.2) is 14.2 Å². The van der Waals surface area contributed by atoms with E-state index in [0.29, 0.717) is 16.7 Å². The number of aliphatic carboxylic acids is 1. The molecular weight excluding hydrogens is 446 g/mol. The Morgan fingerprint density at radius 3 is 2.55 bits per heavy atom. The number of nitrogens with zero attached hydrogens (tertiary/aromatic N) is 3. The predicted octanol–water partition coefficient (Wildman–Crippen LogP) is 5.79. The molecule has 1 unspecified atom stereocenters. The Morgan fingerprint density at radius 1 is 1.23 bits per heavy atom. The lowest BCUT2D eigenvalue weighted by atomic mass is 10.1. The molecule has 2 atom stereocenters. The molecule has 0 fully saturated rings. The van der Waals surface area contributed by atoms with Gasteiger partial charge in [-0.15, -0.1) is 0 Å². The van der Waals surface area contributed by atoms with Gasteiger partial charge >= 0.3 is 5.97 Å². The summed E-state index contributed by atoms with van der Waals surface area (Å²) in [6.45, 7) is 7.17. The first-order chi connectivity index (χ1) is 14.7. The summed E-state index contributed by atoms with van der Waals surface area (Å²) in [6, 6.07) is 3.38. The van der Waals surface area contributed by atoms with Crippen LogP contribution < -0.4 is 10.5 Å². The predicted molar refractivity (Wildman–Crippen MR) is 119 cm³/mol. The highest BCUT2D eigenvalue weighted by Gasteiger charge is 2.20. The molecule has 0 aliphatic rings. The van der Waals surface area contributed by atoms with E-state index < -0.39 is 23.9 Å². The molecule has 31 heavy (non-hydrogen) atoms.